The van der Waals surface area contributed by atoms with Crippen LogP contribution in [0.1, 0.15) is 26.3 Å². The van der Waals surface area contributed by atoms with Crippen molar-refractivity contribution >= 4 is 17.9 Å². The molecule has 0 N–H and O–H groups in total. The highest BCUT2D eigenvalue weighted by molar-refractivity contribution is 6.18. The molecule has 1 heterocycles. The van der Waals surface area contributed by atoms with Gasteiger partial charge in [-0.2, -0.15) is 5.10 Å². The van der Waals surface area contributed by atoms with Crippen LogP contribution in [0.5, 0.6) is 0 Å². The molecule has 0 amide bonds. The highest BCUT2D eigenvalue weighted by Crippen LogP contribution is 2.30. The van der Waals surface area contributed by atoms with Gasteiger partial charge in [-0.15, -0.1) is 0 Å². The lowest BCUT2D eigenvalue weighted by molar-refractivity contribution is -0.183. The molecule has 8 nitrogen and oxygen atoms in total. The fourth-order valence-electron chi connectivity index (χ4n) is 2.90. The Morgan fingerprint density at radius 3 is 1.72 bits per heavy atom. The molecule has 2 rings (SSSR count). The zero-order valence-electron chi connectivity index (χ0n) is 17.1. The number of hydrogen-bond acceptors (Lipinski definition) is 7. The van der Waals surface area contributed by atoms with Crippen molar-refractivity contribution < 1.29 is 28.6 Å². The summed E-state index contributed by atoms with van der Waals surface area (Å²) < 4.78 is 16.9. The van der Waals surface area contributed by atoms with Gasteiger partial charge in [-0.3, -0.25) is 19.1 Å². The van der Waals surface area contributed by atoms with Crippen LogP contribution in [0.2, 0.25) is 0 Å². The first-order valence-electron chi connectivity index (χ1n) is 9.49. The number of carbonyl (C=O) groups is 3. The van der Waals surface area contributed by atoms with E-state index in [-0.39, 0.29) is 26.2 Å². The number of aromatic nitrogens is 2. The van der Waals surface area contributed by atoms with Crippen molar-refractivity contribution in [2.24, 2.45) is 12.5 Å². The van der Waals surface area contributed by atoms with Crippen molar-refractivity contribution in [3.63, 3.8) is 0 Å². The van der Waals surface area contributed by atoms with Crippen LogP contribution in [0.25, 0.3) is 11.3 Å². The first kappa shape index (κ1) is 22.1. The van der Waals surface area contributed by atoms with Crippen molar-refractivity contribution in [1.82, 2.24) is 9.78 Å². The third-order valence-electron chi connectivity index (χ3n) is 4.30. The Morgan fingerprint density at radius 1 is 0.862 bits per heavy atom. The Labute approximate surface area is 169 Å². The minimum absolute atomic E-state index is 0.0119. The lowest BCUT2D eigenvalue weighted by Gasteiger charge is -2.27. The molecule has 1 aromatic carbocycles. The first-order chi connectivity index (χ1) is 13.9. The van der Waals surface area contributed by atoms with E-state index in [1.807, 2.05) is 31.4 Å². The Hall–Kier alpha value is -3.16. The van der Waals surface area contributed by atoms with Crippen molar-refractivity contribution in [2.45, 2.75) is 27.2 Å². The van der Waals surface area contributed by atoms with Gasteiger partial charge in [0.25, 0.3) is 5.41 Å². The van der Waals surface area contributed by atoms with Gasteiger partial charge in [0.15, 0.2) is 0 Å². The summed E-state index contributed by atoms with van der Waals surface area (Å²) in [5.41, 5.74) is 0.0165. The van der Waals surface area contributed by atoms with E-state index < -0.39 is 23.3 Å². The fourth-order valence-corrected chi connectivity index (χ4v) is 2.90. The van der Waals surface area contributed by atoms with Gasteiger partial charge in [0.2, 0.25) is 0 Å². The molecule has 0 fully saturated rings. The molecule has 29 heavy (non-hydrogen) atoms. The summed E-state index contributed by atoms with van der Waals surface area (Å²) >= 11 is 0. The second kappa shape index (κ2) is 9.86. The number of esters is 3. The highest BCUT2D eigenvalue weighted by atomic mass is 16.6. The van der Waals surface area contributed by atoms with Crippen molar-refractivity contribution in [1.29, 1.82) is 0 Å². The number of carbonyl (C=O) groups excluding carboxylic acids is 3. The summed E-state index contributed by atoms with van der Waals surface area (Å²) in [5.74, 6) is -2.94. The summed E-state index contributed by atoms with van der Waals surface area (Å²) in [6.45, 7) is 4.83. The smallest absolute Gasteiger partial charge is 0.335 e. The van der Waals surface area contributed by atoms with Crippen LogP contribution in [-0.4, -0.2) is 47.5 Å². The van der Waals surface area contributed by atoms with E-state index in [1.54, 1.807) is 37.6 Å². The van der Waals surface area contributed by atoms with Crippen molar-refractivity contribution in [3.8, 4) is 11.3 Å². The number of benzene rings is 1. The SMILES string of the molecule is CCOC(=O)C(Cc1ccc(-c2ccn(C)n2)cc1)(C(=O)OCC)C(=O)OCC. The Balaban J connectivity index is 2.43. The van der Waals surface area contributed by atoms with Gasteiger partial charge in [-0.05, 0) is 32.4 Å². The molecule has 1 aromatic heterocycles. The van der Waals surface area contributed by atoms with E-state index in [0.717, 1.165) is 11.3 Å². The predicted molar refractivity (Wildman–Crippen MR) is 105 cm³/mol. The molecular formula is C21H26N2O6. The van der Waals surface area contributed by atoms with Crippen molar-refractivity contribution in [2.75, 3.05) is 19.8 Å². The largest absolute Gasteiger partial charge is 0.465 e. The maximum absolute atomic E-state index is 12.8. The highest BCUT2D eigenvalue weighted by Gasteiger charge is 2.57. The van der Waals surface area contributed by atoms with E-state index in [2.05, 4.69) is 5.10 Å². The molecule has 156 valence electrons. The van der Waals surface area contributed by atoms with Crippen LogP contribution in [0, 0.1) is 5.41 Å². The van der Waals surface area contributed by atoms with E-state index in [4.69, 9.17) is 14.2 Å². The monoisotopic (exact) mass is 402 g/mol. The number of ether oxygens (including phenoxy) is 3. The third-order valence-corrected chi connectivity index (χ3v) is 4.30. The van der Waals surface area contributed by atoms with E-state index >= 15 is 0 Å². The summed E-state index contributed by atoms with van der Waals surface area (Å²) in [6, 6.07) is 8.95. The lowest BCUT2D eigenvalue weighted by Crippen LogP contribution is -2.51. The molecule has 0 atom stereocenters. The molecule has 8 heteroatoms. The number of rotatable bonds is 9. The summed E-state index contributed by atoms with van der Waals surface area (Å²) in [6.07, 6.45) is 1.60. The zero-order valence-corrected chi connectivity index (χ0v) is 17.1. The Bertz CT molecular complexity index is 811. The van der Waals surface area contributed by atoms with Crippen LogP contribution in [0.3, 0.4) is 0 Å². The molecule has 0 aliphatic carbocycles. The van der Waals surface area contributed by atoms with Gasteiger partial charge in [0.1, 0.15) is 0 Å². The van der Waals surface area contributed by atoms with Crippen molar-refractivity contribution in [3.05, 3.63) is 42.1 Å². The molecule has 0 saturated carbocycles. The Morgan fingerprint density at radius 2 is 1.34 bits per heavy atom. The van der Waals surface area contributed by atoms with Crippen LogP contribution < -0.4 is 0 Å². The fraction of sp³-hybridized carbons (Fsp3) is 0.429. The number of aryl methyl sites for hydroxylation is 1. The molecule has 0 aliphatic heterocycles. The van der Waals surface area contributed by atoms with Gasteiger partial charge in [0.05, 0.1) is 25.5 Å². The van der Waals surface area contributed by atoms with Crippen LogP contribution in [0.4, 0.5) is 0 Å². The first-order valence-corrected chi connectivity index (χ1v) is 9.49. The van der Waals surface area contributed by atoms with Gasteiger partial charge in [-0.25, -0.2) is 0 Å². The van der Waals surface area contributed by atoms with Crippen LogP contribution in [-0.2, 0) is 42.1 Å². The third kappa shape index (κ3) is 4.82. The quantitative estimate of drug-likeness (QED) is 0.361. The second-order valence-corrected chi connectivity index (χ2v) is 6.32. The lowest BCUT2D eigenvalue weighted by atomic mass is 9.81. The molecule has 0 spiro atoms. The Kier molecular flexibility index (Phi) is 7.52. The minimum Gasteiger partial charge on any atom is -0.465 e. The van der Waals surface area contributed by atoms with Crippen LogP contribution in [0.15, 0.2) is 36.5 Å². The predicted octanol–water partition coefficient (Wildman–Crippen LogP) is 2.31. The molecule has 0 aliphatic rings. The second-order valence-electron chi connectivity index (χ2n) is 6.32. The summed E-state index contributed by atoms with van der Waals surface area (Å²) in [5, 5.41) is 4.34. The average Bonchev–Trinajstić information content (AvgIpc) is 3.13. The summed E-state index contributed by atoms with van der Waals surface area (Å²) in [7, 11) is 1.82. The van der Waals surface area contributed by atoms with Gasteiger partial charge < -0.3 is 14.2 Å². The normalized spacial score (nSPS) is 11.0. The number of nitrogens with zero attached hydrogens (tertiary/aromatic N) is 2. The van der Waals surface area contributed by atoms with E-state index in [1.165, 1.54) is 0 Å². The van der Waals surface area contributed by atoms with Crippen LogP contribution >= 0.6 is 0 Å². The maximum Gasteiger partial charge on any atom is 0.335 e. The summed E-state index contributed by atoms with van der Waals surface area (Å²) in [4.78, 5) is 38.3. The van der Waals surface area contributed by atoms with Gasteiger partial charge in [0, 0.05) is 25.2 Å². The zero-order chi connectivity index (χ0) is 21.4. The molecular weight excluding hydrogens is 376 g/mol. The number of hydrogen-bond donors (Lipinski definition) is 0. The molecule has 0 unspecified atom stereocenters. The van der Waals surface area contributed by atoms with E-state index in [0.29, 0.717) is 5.56 Å². The molecule has 0 saturated heterocycles. The standard InChI is InChI=1S/C21H26N2O6/c1-5-27-18(24)21(19(25)28-6-2,20(26)29-7-3)14-15-8-10-16(11-9-15)17-12-13-23(4)22-17/h8-13H,5-7,14H2,1-4H3. The molecule has 0 bridgehead atoms. The minimum atomic E-state index is -2.21. The topological polar surface area (TPSA) is 96.7 Å². The van der Waals surface area contributed by atoms with E-state index in [9.17, 15) is 14.4 Å². The van der Waals surface area contributed by atoms with Gasteiger partial charge in [-0.1, -0.05) is 24.3 Å². The molecule has 0 radical (unpaired) electrons. The van der Waals surface area contributed by atoms with Gasteiger partial charge >= 0.3 is 17.9 Å². The maximum atomic E-state index is 12.8. The average molecular weight is 402 g/mol. The molecule has 2 aromatic rings.